The van der Waals surface area contributed by atoms with Crippen molar-refractivity contribution < 1.29 is 23.8 Å². The van der Waals surface area contributed by atoms with Gasteiger partial charge >= 0.3 is 5.97 Å². The van der Waals surface area contributed by atoms with Crippen LogP contribution in [0.15, 0.2) is 42.5 Å². The molecule has 1 unspecified atom stereocenters. The van der Waals surface area contributed by atoms with Gasteiger partial charge in [0.05, 0.1) is 12.7 Å². The molecule has 2 aromatic rings. The summed E-state index contributed by atoms with van der Waals surface area (Å²) in [5.74, 6) is 0.529. The van der Waals surface area contributed by atoms with Gasteiger partial charge in [-0.05, 0) is 43.4 Å². The molecule has 1 saturated heterocycles. The number of methoxy groups -OCH3 is 1. The van der Waals surface area contributed by atoms with Gasteiger partial charge in [-0.15, -0.1) is 0 Å². The topological polar surface area (TPSA) is 85.9 Å². The predicted molar refractivity (Wildman–Crippen MR) is 124 cm³/mol. The molecule has 0 bridgehead atoms. The molecule has 0 aromatic heterocycles. The second-order valence-corrected chi connectivity index (χ2v) is 8.64. The van der Waals surface area contributed by atoms with E-state index in [-0.39, 0.29) is 23.8 Å². The molecule has 3 aliphatic rings. The van der Waals surface area contributed by atoms with Crippen molar-refractivity contribution in [3.05, 3.63) is 64.7 Å². The third-order valence-corrected chi connectivity index (χ3v) is 6.66. The first-order valence-corrected chi connectivity index (χ1v) is 11.4. The molecule has 2 N–H and O–H groups in total. The van der Waals surface area contributed by atoms with Crippen LogP contribution in [0, 0.1) is 5.92 Å². The Labute approximate surface area is 193 Å². The van der Waals surface area contributed by atoms with E-state index in [1.54, 1.807) is 0 Å². The summed E-state index contributed by atoms with van der Waals surface area (Å²) in [6, 6.07) is 13.6. The van der Waals surface area contributed by atoms with Gasteiger partial charge in [0.2, 0.25) is 0 Å². The third-order valence-electron chi connectivity index (χ3n) is 6.66. The van der Waals surface area contributed by atoms with E-state index in [4.69, 9.17) is 14.2 Å². The average Bonchev–Trinajstić information content (AvgIpc) is 3.41. The molecule has 33 heavy (non-hydrogen) atoms. The SMILES string of the molecule is COC(=O)C(NCCc1ccc2c(c1)COC2=C1C(=O)Nc2ccccc21)C1CCOCC1. The molecule has 7 heteroatoms. The normalized spacial score (nSPS) is 20.6. The molecule has 1 amide bonds. The van der Waals surface area contributed by atoms with Crippen molar-refractivity contribution in [2.75, 3.05) is 32.2 Å². The number of benzene rings is 2. The summed E-state index contributed by atoms with van der Waals surface area (Å²) in [4.78, 5) is 24.9. The number of anilines is 1. The highest BCUT2D eigenvalue weighted by Gasteiger charge is 2.33. The average molecular weight is 449 g/mol. The monoisotopic (exact) mass is 448 g/mol. The fraction of sp³-hybridized carbons (Fsp3) is 0.385. The fourth-order valence-electron chi connectivity index (χ4n) is 4.91. The van der Waals surface area contributed by atoms with Crippen LogP contribution in [0.3, 0.4) is 0 Å². The van der Waals surface area contributed by atoms with E-state index in [9.17, 15) is 9.59 Å². The number of rotatable bonds is 6. The first-order chi connectivity index (χ1) is 16.2. The Kier molecular flexibility index (Phi) is 6.15. The lowest BCUT2D eigenvalue weighted by atomic mass is 9.91. The van der Waals surface area contributed by atoms with Crippen LogP contribution in [0.5, 0.6) is 0 Å². The number of esters is 1. The van der Waals surface area contributed by atoms with Gasteiger partial charge in [-0.2, -0.15) is 0 Å². The van der Waals surface area contributed by atoms with Crippen molar-refractivity contribution in [3.8, 4) is 0 Å². The highest BCUT2D eigenvalue weighted by molar-refractivity contribution is 6.36. The van der Waals surface area contributed by atoms with E-state index in [0.717, 1.165) is 47.2 Å². The summed E-state index contributed by atoms with van der Waals surface area (Å²) in [7, 11) is 1.44. The van der Waals surface area contributed by atoms with Gasteiger partial charge in [0, 0.05) is 35.6 Å². The van der Waals surface area contributed by atoms with Gasteiger partial charge in [0.15, 0.2) is 0 Å². The van der Waals surface area contributed by atoms with Crippen molar-refractivity contribution >= 4 is 28.9 Å². The van der Waals surface area contributed by atoms with E-state index in [1.165, 1.54) is 7.11 Å². The lowest BCUT2D eigenvalue weighted by molar-refractivity contribution is -0.145. The summed E-state index contributed by atoms with van der Waals surface area (Å²) in [6.07, 6.45) is 2.49. The molecule has 0 spiro atoms. The predicted octanol–water partition coefficient (Wildman–Crippen LogP) is 3.14. The smallest absolute Gasteiger partial charge is 0.323 e. The molecule has 1 fully saturated rings. The number of fused-ring (bicyclic) bond motifs is 2. The Morgan fingerprint density at radius 2 is 2.00 bits per heavy atom. The zero-order chi connectivity index (χ0) is 22.8. The largest absolute Gasteiger partial charge is 0.487 e. The Balaban J connectivity index is 1.29. The highest BCUT2D eigenvalue weighted by Crippen LogP contribution is 2.41. The maximum absolute atomic E-state index is 12.6. The number of ether oxygens (including phenoxy) is 3. The molecular formula is C26H28N2O5. The molecule has 7 nitrogen and oxygen atoms in total. The van der Waals surface area contributed by atoms with E-state index in [1.807, 2.05) is 30.3 Å². The molecule has 2 aromatic carbocycles. The summed E-state index contributed by atoms with van der Waals surface area (Å²) < 4.78 is 16.4. The maximum Gasteiger partial charge on any atom is 0.323 e. The third kappa shape index (κ3) is 4.26. The molecule has 5 rings (SSSR count). The highest BCUT2D eigenvalue weighted by atomic mass is 16.5. The Bertz CT molecular complexity index is 1100. The van der Waals surface area contributed by atoms with E-state index >= 15 is 0 Å². The van der Waals surface area contributed by atoms with Gasteiger partial charge in [-0.25, -0.2) is 0 Å². The summed E-state index contributed by atoms with van der Waals surface area (Å²) in [5, 5.41) is 6.32. The number of hydrogen-bond acceptors (Lipinski definition) is 6. The van der Waals surface area contributed by atoms with E-state index < -0.39 is 0 Å². The fourth-order valence-corrected chi connectivity index (χ4v) is 4.91. The van der Waals surface area contributed by atoms with Crippen molar-refractivity contribution in [2.24, 2.45) is 5.92 Å². The second kappa shape index (κ2) is 9.37. The molecule has 3 aliphatic heterocycles. The number of para-hydroxylation sites is 1. The Morgan fingerprint density at radius 3 is 2.82 bits per heavy atom. The zero-order valence-electron chi connectivity index (χ0n) is 18.7. The van der Waals surface area contributed by atoms with Crippen LogP contribution >= 0.6 is 0 Å². The first-order valence-electron chi connectivity index (χ1n) is 11.4. The van der Waals surface area contributed by atoms with Gasteiger partial charge < -0.3 is 24.8 Å². The van der Waals surface area contributed by atoms with Crippen LogP contribution in [-0.4, -0.2) is 44.8 Å². The minimum atomic E-state index is -0.311. The van der Waals surface area contributed by atoms with Crippen molar-refractivity contribution in [2.45, 2.75) is 31.9 Å². The molecule has 3 heterocycles. The van der Waals surface area contributed by atoms with Crippen LogP contribution in [0.25, 0.3) is 11.3 Å². The second-order valence-electron chi connectivity index (χ2n) is 8.64. The number of carbonyl (C=O) groups is 2. The standard InChI is InChI=1S/C26H28N2O5/c1-31-26(30)23(17-9-12-32-13-10-17)27-11-8-16-6-7-19-18(14-16)15-33-24(19)22-20-4-2-3-5-21(20)28-25(22)29/h2-7,14,17,23,27H,8-13,15H2,1H3,(H,28,29). The molecule has 172 valence electrons. The Hall–Kier alpha value is -3.16. The number of nitrogens with one attached hydrogen (secondary N) is 2. The van der Waals surface area contributed by atoms with E-state index in [2.05, 4.69) is 22.8 Å². The van der Waals surface area contributed by atoms with Gasteiger partial charge in [-0.3, -0.25) is 9.59 Å². The molecular weight excluding hydrogens is 420 g/mol. The van der Waals surface area contributed by atoms with Crippen LogP contribution in [0.1, 0.15) is 35.1 Å². The quantitative estimate of drug-likeness (QED) is 0.522. The minimum absolute atomic E-state index is 0.130. The van der Waals surface area contributed by atoms with Gasteiger partial charge in [-0.1, -0.05) is 36.4 Å². The summed E-state index contributed by atoms with van der Waals surface area (Å²) in [5.41, 5.74) is 5.47. The van der Waals surface area contributed by atoms with Crippen molar-refractivity contribution in [1.82, 2.24) is 5.32 Å². The number of hydrogen-bond donors (Lipinski definition) is 2. The summed E-state index contributed by atoms with van der Waals surface area (Å²) >= 11 is 0. The lowest BCUT2D eigenvalue weighted by Gasteiger charge is -2.29. The van der Waals surface area contributed by atoms with Crippen molar-refractivity contribution in [3.63, 3.8) is 0 Å². The van der Waals surface area contributed by atoms with Crippen LogP contribution in [0.2, 0.25) is 0 Å². The molecule has 0 radical (unpaired) electrons. The van der Waals surface area contributed by atoms with Crippen LogP contribution in [-0.2, 0) is 36.8 Å². The zero-order valence-corrected chi connectivity index (χ0v) is 18.7. The number of carbonyl (C=O) groups excluding carboxylic acids is 2. The molecule has 0 aliphatic carbocycles. The minimum Gasteiger partial charge on any atom is -0.487 e. The van der Waals surface area contributed by atoms with E-state index in [0.29, 0.717) is 37.7 Å². The lowest BCUT2D eigenvalue weighted by Crippen LogP contribution is -2.46. The van der Waals surface area contributed by atoms with Crippen molar-refractivity contribution in [1.29, 1.82) is 0 Å². The maximum atomic E-state index is 12.6. The molecule has 1 atom stereocenters. The van der Waals surface area contributed by atoms with Gasteiger partial charge in [0.25, 0.3) is 5.91 Å². The molecule has 0 saturated carbocycles. The van der Waals surface area contributed by atoms with Crippen LogP contribution in [0.4, 0.5) is 5.69 Å². The van der Waals surface area contributed by atoms with Gasteiger partial charge in [0.1, 0.15) is 18.4 Å². The number of amides is 1. The first kappa shape index (κ1) is 21.7. The Morgan fingerprint density at radius 1 is 1.18 bits per heavy atom. The van der Waals surface area contributed by atoms with Crippen LogP contribution < -0.4 is 10.6 Å². The summed E-state index contributed by atoms with van der Waals surface area (Å²) in [6.45, 7) is 2.48.